The second-order valence-corrected chi connectivity index (χ2v) is 4.88. The number of nitrogens with zero attached hydrogens (tertiary/aromatic N) is 1. The molecule has 0 aromatic carbocycles. The lowest BCUT2D eigenvalue weighted by Crippen LogP contribution is -2.17. The minimum atomic E-state index is 0.139. The van der Waals surface area contributed by atoms with Crippen LogP contribution < -0.4 is 10.1 Å². The van der Waals surface area contributed by atoms with Gasteiger partial charge in [0.25, 0.3) is 0 Å². The Kier molecular flexibility index (Phi) is 5.49. The summed E-state index contributed by atoms with van der Waals surface area (Å²) in [7, 11) is 0. The molecule has 1 heterocycles. The van der Waals surface area contributed by atoms with Crippen LogP contribution in [0.3, 0.4) is 0 Å². The molecule has 88 valence electrons. The van der Waals surface area contributed by atoms with Crippen LogP contribution in [-0.4, -0.2) is 17.6 Å². The highest BCUT2D eigenvalue weighted by atomic mass is 79.9. The van der Waals surface area contributed by atoms with Crippen LogP contribution in [0.1, 0.15) is 19.4 Å². The van der Waals surface area contributed by atoms with E-state index in [2.05, 4.69) is 32.8 Å². The van der Waals surface area contributed by atoms with E-state index in [1.165, 1.54) is 0 Å². The van der Waals surface area contributed by atoms with E-state index in [1.807, 2.05) is 26.0 Å². The molecule has 1 N–H and O–H groups in total. The van der Waals surface area contributed by atoms with Crippen molar-refractivity contribution < 1.29 is 4.74 Å². The highest BCUT2D eigenvalue weighted by molar-refractivity contribution is 9.11. The largest absolute Gasteiger partial charge is 0.475 e. The molecular weight excluding hydrogens is 268 g/mol. The third kappa shape index (κ3) is 4.77. The van der Waals surface area contributed by atoms with Crippen molar-refractivity contribution in [3.63, 3.8) is 0 Å². The molecule has 0 aliphatic rings. The van der Waals surface area contributed by atoms with Gasteiger partial charge in [-0.25, -0.2) is 4.98 Å². The Morgan fingerprint density at radius 1 is 1.62 bits per heavy atom. The first-order valence-corrected chi connectivity index (χ1v) is 6.03. The summed E-state index contributed by atoms with van der Waals surface area (Å²) in [6.45, 7) is 9.20. The molecule has 0 saturated heterocycles. The van der Waals surface area contributed by atoms with E-state index >= 15 is 0 Å². The van der Waals surface area contributed by atoms with Gasteiger partial charge in [-0.2, -0.15) is 0 Å². The molecule has 0 saturated carbocycles. The molecule has 0 bridgehead atoms. The molecule has 0 unspecified atom stereocenters. The lowest BCUT2D eigenvalue weighted by molar-refractivity contribution is 0.229. The van der Waals surface area contributed by atoms with Crippen LogP contribution in [0.15, 0.2) is 29.4 Å². The maximum atomic E-state index is 5.62. The molecular formula is C12H17BrN2O. The molecule has 3 nitrogen and oxygen atoms in total. The quantitative estimate of drug-likeness (QED) is 0.872. The van der Waals surface area contributed by atoms with Crippen molar-refractivity contribution in [1.82, 2.24) is 10.3 Å². The van der Waals surface area contributed by atoms with Gasteiger partial charge in [0.05, 0.1) is 6.10 Å². The van der Waals surface area contributed by atoms with Crippen molar-refractivity contribution in [2.45, 2.75) is 26.5 Å². The Morgan fingerprint density at radius 2 is 2.38 bits per heavy atom. The molecule has 1 aromatic heterocycles. The van der Waals surface area contributed by atoms with Crippen LogP contribution in [0, 0.1) is 0 Å². The lowest BCUT2D eigenvalue weighted by atomic mass is 10.2. The summed E-state index contributed by atoms with van der Waals surface area (Å²) in [5, 5.41) is 3.25. The fourth-order valence-electron chi connectivity index (χ4n) is 1.22. The number of nitrogens with one attached hydrogen (secondary N) is 1. The number of rotatable bonds is 6. The first-order valence-electron chi connectivity index (χ1n) is 5.24. The van der Waals surface area contributed by atoms with Gasteiger partial charge in [-0.15, -0.1) is 0 Å². The van der Waals surface area contributed by atoms with Crippen molar-refractivity contribution in [2.24, 2.45) is 0 Å². The van der Waals surface area contributed by atoms with Crippen molar-refractivity contribution in [1.29, 1.82) is 0 Å². The van der Waals surface area contributed by atoms with Gasteiger partial charge >= 0.3 is 0 Å². The Morgan fingerprint density at radius 3 is 3.00 bits per heavy atom. The van der Waals surface area contributed by atoms with Crippen LogP contribution >= 0.6 is 15.9 Å². The van der Waals surface area contributed by atoms with Crippen LogP contribution in [0.2, 0.25) is 0 Å². The molecule has 0 aliphatic carbocycles. The standard InChI is InChI=1S/C12H17BrN2O/c1-9(2)16-12-11(5-4-6-15-12)8-14-7-10(3)13/h4-6,9,14H,3,7-8H2,1-2H3. The zero-order valence-electron chi connectivity index (χ0n) is 9.66. The maximum absolute atomic E-state index is 5.62. The number of hydrogen-bond donors (Lipinski definition) is 1. The van der Waals surface area contributed by atoms with Gasteiger partial charge in [0.1, 0.15) is 0 Å². The van der Waals surface area contributed by atoms with Gasteiger partial charge in [0.15, 0.2) is 0 Å². The Balaban J connectivity index is 2.60. The third-order valence-electron chi connectivity index (χ3n) is 1.83. The highest BCUT2D eigenvalue weighted by Gasteiger charge is 2.05. The summed E-state index contributed by atoms with van der Waals surface area (Å²) >= 11 is 3.30. The zero-order valence-corrected chi connectivity index (χ0v) is 11.3. The second kappa shape index (κ2) is 6.66. The second-order valence-electron chi connectivity index (χ2n) is 3.76. The minimum absolute atomic E-state index is 0.139. The van der Waals surface area contributed by atoms with Gasteiger partial charge < -0.3 is 10.1 Å². The monoisotopic (exact) mass is 284 g/mol. The Bertz CT molecular complexity index is 353. The van der Waals surface area contributed by atoms with E-state index < -0.39 is 0 Å². The van der Waals surface area contributed by atoms with Gasteiger partial charge in [-0.1, -0.05) is 28.6 Å². The van der Waals surface area contributed by atoms with Crippen molar-refractivity contribution in [2.75, 3.05) is 6.54 Å². The van der Waals surface area contributed by atoms with E-state index in [-0.39, 0.29) is 6.10 Å². The van der Waals surface area contributed by atoms with Gasteiger partial charge in [-0.05, 0) is 19.9 Å². The van der Waals surface area contributed by atoms with E-state index in [0.717, 1.165) is 23.1 Å². The number of hydrogen-bond acceptors (Lipinski definition) is 3. The summed E-state index contributed by atoms with van der Waals surface area (Å²) in [4.78, 5) is 4.22. The molecule has 0 amide bonds. The molecule has 0 fully saturated rings. The van der Waals surface area contributed by atoms with Crippen molar-refractivity contribution in [3.8, 4) is 5.88 Å². The number of aromatic nitrogens is 1. The summed E-state index contributed by atoms with van der Waals surface area (Å²) in [6, 6.07) is 3.92. The molecule has 4 heteroatoms. The summed E-state index contributed by atoms with van der Waals surface area (Å²) < 4.78 is 6.55. The van der Waals surface area contributed by atoms with Crippen LogP contribution in [0.25, 0.3) is 0 Å². The molecule has 16 heavy (non-hydrogen) atoms. The van der Waals surface area contributed by atoms with E-state index in [4.69, 9.17) is 4.74 Å². The fourth-order valence-corrected chi connectivity index (χ4v) is 1.42. The van der Waals surface area contributed by atoms with Crippen LogP contribution in [0.4, 0.5) is 0 Å². The third-order valence-corrected chi connectivity index (χ3v) is 2.11. The molecule has 0 aliphatic heterocycles. The maximum Gasteiger partial charge on any atom is 0.218 e. The SMILES string of the molecule is C=C(Br)CNCc1cccnc1OC(C)C. The first kappa shape index (κ1) is 13.2. The van der Waals surface area contributed by atoms with Crippen LogP contribution in [0.5, 0.6) is 5.88 Å². The topological polar surface area (TPSA) is 34.2 Å². The summed E-state index contributed by atoms with van der Waals surface area (Å²) in [6.07, 6.45) is 1.88. The predicted octanol–water partition coefficient (Wildman–Crippen LogP) is 2.87. The normalized spacial score (nSPS) is 10.5. The fraction of sp³-hybridized carbons (Fsp3) is 0.417. The summed E-state index contributed by atoms with van der Waals surface area (Å²) in [5.74, 6) is 0.699. The number of ether oxygens (including phenoxy) is 1. The highest BCUT2D eigenvalue weighted by Crippen LogP contribution is 2.15. The Labute approximate surface area is 105 Å². The van der Waals surface area contributed by atoms with Gasteiger partial charge in [0, 0.05) is 29.3 Å². The summed E-state index contributed by atoms with van der Waals surface area (Å²) in [5.41, 5.74) is 1.06. The lowest BCUT2D eigenvalue weighted by Gasteiger charge is -2.13. The van der Waals surface area contributed by atoms with Crippen molar-refractivity contribution in [3.05, 3.63) is 35.0 Å². The molecule has 0 spiro atoms. The van der Waals surface area contributed by atoms with Gasteiger partial charge in [-0.3, -0.25) is 0 Å². The van der Waals surface area contributed by atoms with Crippen LogP contribution in [-0.2, 0) is 6.54 Å². The van der Waals surface area contributed by atoms with Gasteiger partial charge in [0.2, 0.25) is 5.88 Å². The van der Waals surface area contributed by atoms with E-state index in [9.17, 15) is 0 Å². The molecule has 0 atom stereocenters. The number of halogens is 1. The molecule has 1 aromatic rings. The average molecular weight is 285 g/mol. The number of pyridine rings is 1. The average Bonchev–Trinajstić information content (AvgIpc) is 2.19. The van der Waals surface area contributed by atoms with E-state index in [1.54, 1.807) is 6.20 Å². The molecule has 0 radical (unpaired) electrons. The molecule has 1 rings (SSSR count). The van der Waals surface area contributed by atoms with E-state index in [0.29, 0.717) is 5.88 Å². The minimum Gasteiger partial charge on any atom is -0.475 e. The van der Waals surface area contributed by atoms with Crippen molar-refractivity contribution >= 4 is 15.9 Å². The smallest absolute Gasteiger partial charge is 0.218 e. The zero-order chi connectivity index (χ0) is 12.0. The predicted molar refractivity (Wildman–Crippen MR) is 69.8 cm³/mol. The first-order chi connectivity index (χ1) is 7.59. The Hall–Kier alpha value is -0.870.